The van der Waals surface area contributed by atoms with Crippen LogP contribution in [0.25, 0.3) is 5.57 Å². The quantitative estimate of drug-likeness (QED) is 0.598. The molecule has 0 N–H and O–H groups in total. The molecule has 74 valence electrons. The minimum Gasteiger partial charge on any atom is -0.493 e. The lowest BCUT2D eigenvalue weighted by molar-refractivity contribution is 0.356. The maximum atomic E-state index is 8.69. The maximum Gasteiger partial charge on any atom is 0.123 e. The van der Waals surface area contributed by atoms with Crippen molar-refractivity contribution in [2.45, 2.75) is 19.3 Å². The number of hydrogen-bond donors (Lipinski definition) is 0. The molecule has 1 heterocycles. The summed E-state index contributed by atoms with van der Waals surface area (Å²) in [6.45, 7) is 0.801. The Morgan fingerprint density at radius 1 is 1.20 bits per heavy atom. The van der Waals surface area contributed by atoms with Gasteiger partial charge in [-0.25, -0.2) is 0 Å². The van der Waals surface area contributed by atoms with Gasteiger partial charge in [0.05, 0.1) is 12.7 Å². The Kier molecular flexibility index (Phi) is 1.78. The molecule has 2 nitrogen and oxygen atoms in total. The molecular weight excluding hydrogens is 186 g/mol. The molecule has 0 amide bonds. The first kappa shape index (κ1) is 8.55. The Morgan fingerprint density at radius 2 is 2.13 bits per heavy atom. The molecule has 3 rings (SSSR count). The van der Waals surface area contributed by atoms with E-state index in [0.717, 1.165) is 37.2 Å². The van der Waals surface area contributed by atoms with Crippen LogP contribution in [0.5, 0.6) is 5.75 Å². The molecule has 1 aromatic rings. The number of nitriles is 1. The molecule has 1 aliphatic carbocycles. The molecule has 0 saturated heterocycles. The number of aryl methyl sites for hydroxylation is 1. The van der Waals surface area contributed by atoms with Gasteiger partial charge >= 0.3 is 0 Å². The predicted molar refractivity (Wildman–Crippen MR) is 57.6 cm³/mol. The van der Waals surface area contributed by atoms with Gasteiger partial charge in [-0.3, -0.25) is 0 Å². The summed E-state index contributed by atoms with van der Waals surface area (Å²) in [7, 11) is 0. The van der Waals surface area contributed by atoms with E-state index in [0.29, 0.717) is 0 Å². The van der Waals surface area contributed by atoms with Gasteiger partial charge < -0.3 is 4.74 Å². The predicted octanol–water partition coefficient (Wildman–Crippen LogP) is 2.47. The third kappa shape index (κ3) is 1.24. The van der Waals surface area contributed by atoms with Gasteiger partial charge in [-0.15, -0.1) is 0 Å². The topological polar surface area (TPSA) is 33.0 Å². The molecule has 0 aromatic heterocycles. The van der Waals surface area contributed by atoms with E-state index >= 15 is 0 Å². The number of ether oxygens (including phenoxy) is 1. The number of hydrogen-bond acceptors (Lipinski definition) is 2. The van der Waals surface area contributed by atoms with Crippen LogP contribution in [0.2, 0.25) is 0 Å². The van der Waals surface area contributed by atoms with Crippen molar-refractivity contribution in [1.82, 2.24) is 0 Å². The highest BCUT2D eigenvalue weighted by Gasteiger charge is 2.21. The van der Waals surface area contributed by atoms with E-state index in [1.165, 1.54) is 16.7 Å². The zero-order valence-corrected chi connectivity index (χ0v) is 8.42. The number of allylic oxidation sites excluding steroid dienone is 2. The van der Waals surface area contributed by atoms with Crippen molar-refractivity contribution in [2.75, 3.05) is 6.61 Å². The molecule has 0 bridgehead atoms. The molecule has 1 aromatic carbocycles. The largest absolute Gasteiger partial charge is 0.493 e. The Balaban J connectivity index is 2.15. The highest BCUT2D eigenvalue weighted by atomic mass is 16.5. The van der Waals surface area contributed by atoms with Crippen LogP contribution in [0.3, 0.4) is 0 Å². The van der Waals surface area contributed by atoms with Crippen LogP contribution in [-0.4, -0.2) is 6.61 Å². The van der Waals surface area contributed by atoms with Crippen LogP contribution in [0, 0.1) is 11.3 Å². The molecule has 2 aliphatic rings. The first-order valence-corrected chi connectivity index (χ1v) is 5.26. The van der Waals surface area contributed by atoms with Crippen LogP contribution >= 0.6 is 0 Å². The van der Waals surface area contributed by atoms with Crippen LogP contribution in [-0.2, 0) is 12.8 Å². The SMILES string of the molecule is N#C/C=C1/CCc2cc3c(cc21)OCC3. The van der Waals surface area contributed by atoms with Crippen LogP contribution in [0.4, 0.5) is 0 Å². The molecule has 15 heavy (non-hydrogen) atoms. The fraction of sp³-hybridized carbons (Fsp3) is 0.308. The zero-order chi connectivity index (χ0) is 10.3. The first-order valence-electron chi connectivity index (χ1n) is 5.26. The number of nitrogens with zero attached hydrogens (tertiary/aromatic N) is 1. The third-order valence-electron chi connectivity index (χ3n) is 3.16. The van der Waals surface area contributed by atoms with Crippen molar-refractivity contribution in [1.29, 1.82) is 5.26 Å². The second kappa shape index (κ2) is 3.13. The molecule has 2 heteroatoms. The highest BCUT2D eigenvalue weighted by Crippen LogP contribution is 2.38. The lowest BCUT2D eigenvalue weighted by Gasteiger charge is -2.04. The molecule has 0 fully saturated rings. The fourth-order valence-corrected chi connectivity index (χ4v) is 2.41. The van der Waals surface area contributed by atoms with Gasteiger partial charge in [-0.05, 0) is 41.2 Å². The number of rotatable bonds is 0. The highest BCUT2D eigenvalue weighted by molar-refractivity contribution is 5.75. The molecule has 0 spiro atoms. The average molecular weight is 197 g/mol. The third-order valence-corrected chi connectivity index (χ3v) is 3.16. The van der Waals surface area contributed by atoms with Gasteiger partial charge in [-0.2, -0.15) is 5.26 Å². The van der Waals surface area contributed by atoms with Crippen LogP contribution in [0.1, 0.15) is 23.1 Å². The van der Waals surface area contributed by atoms with Gasteiger partial charge in [0.1, 0.15) is 5.75 Å². The van der Waals surface area contributed by atoms with E-state index in [1.807, 2.05) is 0 Å². The molecule has 0 saturated carbocycles. The van der Waals surface area contributed by atoms with Gasteiger partial charge in [0, 0.05) is 12.5 Å². The average Bonchev–Trinajstić information content (AvgIpc) is 2.82. The minimum atomic E-state index is 0.801. The molecular formula is C13H11NO. The molecule has 0 radical (unpaired) electrons. The van der Waals surface area contributed by atoms with E-state index in [-0.39, 0.29) is 0 Å². The standard InChI is InChI=1S/C13H11NO/c14-5-3-9-1-2-10-7-11-4-6-15-13(11)8-12(9)10/h3,7-8H,1-2,4,6H2/b9-3-. The fourth-order valence-electron chi connectivity index (χ4n) is 2.41. The Bertz CT molecular complexity index is 494. The van der Waals surface area contributed by atoms with Crippen molar-refractivity contribution in [3.63, 3.8) is 0 Å². The van der Waals surface area contributed by atoms with Gasteiger partial charge in [0.25, 0.3) is 0 Å². The summed E-state index contributed by atoms with van der Waals surface area (Å²) >= 11 is 0. The Labute approximate surface area is 88.8 Å². The van der Waals surface area contributed by atoms with Crippen LogP contribution in [0.15, 0.2) is 18.2 Å². The molecule has 1 aliphatic heterocycles. The summed E-state index contributed by atoms with van der Waals surface area (Å²) in [5.74, 6) is 1.01. The Morgan fingerprint density at radius 3 is 3.00 bits per heavy atom. The minimum absolute atomic E-state index is 0.801. The normalized spacial score (nSPS) is 19.5. The summed E-state index contributed by atoms with van der Waals surface area (Å²) in [5, 5.41) is 8.69. The second-order valence-electron chi connectivity index (χ2n) is 4.01. The Hall–Kier alpha value is -1.75. The van der Waals surface area contributed by atoms with Crippen LogP contribution < -0.4 is 4.74 Å². The monoisotopic (exact) mass is 197 g/mol. The second-order valence-corrected chi connectivity index (χ2v) is 4.01. The van der Waals surface area contributed by atoms with Crippen molar-refractivity contribution in [3.05, 3.63) is 34.9 Å². The summed E-state index contributed by atoms with van der Waals surface area (Å²) in [6, 6.07) is 6.47. The van der Waals surface area contributed by atoms with Crippen molar-refractivity contribution in [2.24, 2.45) is 0 Å². The van der Waals surface area contributed by atoms with E-state index in [9.17, 15) is 0 Å². The van der Waals surface area contributed by atoms with Gasteiger partial charge in [-0.1, -0.05) is 6.07 Å². The number of fused-ring (bicyclic) bond motifs is 2. The van der Waals surface area contributed by atoms with E-state index < -0.39 is 0 Å². The first-order chi connectivity index (χ1) is 7.38. The molecule has 0 atom stereocenters. The lowest BCUT2D eigenvalue weighted by Crippen LogP contribution is -1.86. The van der Waals surface area contributed by atoms with Crippen molar-refractivity contribution < 1.29 is 4.74 Å². The number of benzene rings is 1. The van der Waals surface area contributed by atoms with Gasteiger partial charge in [0.15, 0.2) is 0 Å². The van der Waals surface area contributed by atoms with E-state index in [4.69, 9.17) is 10.00 Å². The summed E-state index contributed by atoms with van der Waals surface area (Å²) in [5.41, 5.74) is 5.08. The van der Waals surface area contributed by atoms with Crippen molar-refractivity contribution in [3.8, 4) is 11.8 Å². The summed E-state index contributed by atoms with van der Waals surface area (Å²) in [4.78, 5) is 0. The summed E-state index contributed by atoms with van der Waals surface area (Å²) < 4.78 is 5.54. The van der Waals surface area contributed by atoms with Crippen molar-refractivity contribution >= 4 is 5.57 Å². The maximum absolute atomic E-state index is 8.69. The van der Waals surface area contributed by atoms with Gasteiger partial charge in [0.2, 0.25) is 0 Å². The summed E-state index contributed by atoms with van der Waals surface area (Å²) in [6.07, 6.45) is 4.75. The zero-order valence-electron chi connectivity index (χ0n) is 8.42. The lowest BCUT2D eigenvalue weighted by atomic mass is 10.0. The van der Waals surface area contributed by atoms with E-state index in [2.05, 4.69) is 18.2 Å². The smallest absolute Gasteiger partial charge is 0.123 e. The molecule has 0 unspecified atom stereocenters. The van der Waals surface area contributed by atoms with E-state index in [1.54, 1.807) is 6.08 Å².